The van der Waals surface area contributed by atoms with Crippen molar-refractivity contribution in [3.8, 4) is 0 Å². The number of aryl methyl sites for hydroxylation is 1. The number of pyridine rings is 1. The lowest BCUT2D eigenvalue weighted by Gasteiger charge is -2.72. The van der Waals surface area contributed by atoms with Crippen molar-refractivity contribution < 1.29 is 33.8 Å². The highest BCUT2D eigenvalue weighted by Crippen LogP contribution is 2.76. The quantitative estimate of drug-likeness (QED) is 0.219. The number of esters is 1. The Morgan fingerprint density at radius 2 is 1.49 bits per heavy atom. The second-order valence-electron chi connectivity index (χ2n) is 23.3. The molecule has 1 heterocycles. The first kappa shape index (κ1) is 44.1. The van der Waals surface area contributed by atoms with E-state index in [1.54, 1.807) is 12.3 Å². The van der Waals surface area contributed by atoms with Crippen molar-refractivity contribution in [3.63, 3.8) is 0 Å². The zero-order chi connectivity index (χ0) is 44.3. The Bertz CT molecular complexity index is 2030. The molecule has 1 aromatic rings. The molecule has 8 rings (SSSR count). The van der Waals surface area contributed by atoms with Crippen molar-refractivity contribution >= 4 is 29.5 Å². The van der Waals surface area contributed by atoms with Crippen molar-refractivity contribution in [3.05, 3.63) is 40.7 Å². The number of allylic oxidation sites excluding steroid dienone is 1. The number of carbonyl (C=O) groups excluding carboxylic acids is 4. The summed E-state index contributed by atoms with van der Waals surface area (Å²) in [5.74, 6) is -1.34. The first-order valence-corrected chi connectivity index (χ1v) is 23.8. The number of carboxylic acids is 1. The maximum atomic E-state index is 15.0. The molecule has 7 aliphatic carbocycles. The lowest BCUT2D eigenvalue weighted by molar-refractivity contribution is -0.235. The van der Waals surface area contributed by atoms with Crippen molar-refractivity contribution in [2.75, 3.05) is 0 Å². The van der Waals surface area contributed by atoms with Crippen LogP contribution in [-0.2, 0) is 23.9 Å². The van der Waals surface area contributed by atoms with Gasteiger partial charge < -0.3 is 20.5 Å². The number of Topliss-reactive ketones (excluding diaryl/α,β-unsaturated/α-hetero) is 1. The van der Waals surface area contributed by atoms with E-state index in [0.717, 1.165) is 75.5 Å². The number of aliphatic carboxylic acids is 1. The van der Waals surface area contributed by atoms with Gasteiger partial charge in [0.2, 0.25) is 5.91 Å². The zero-order valence-corrected chi connectivity index (χ0v) is 38.7. The summed E-state index contributed by atoms with van der Waals surface area (Å²) in [5, 5.41) is 16.5. The van der Waals surface area contributed by atoms with Gasteiger partial charge in [0.15, 0.2) is 5.78 Å². The molecule has 0 aliphatic heterocycles. The molecular weight excluding hydrogens is 767 g/mol. The smallest absolute Gasteiger partial charge is 0.309 e. The van der Waals surface area contributed by atoms with Crippen LogP contribution in [-0.4, -0.2) is 56.8 Å². The largest absolute Gasteiger partial charge is 0.481 e. The summed E-state index contributed by atoms with van der Waals surface area (Å²) in [6.07, 6.45) is 13.2. The van der Waals surface area contributed by atoms with Crippen molar-refractivity contribution in [2.45, 2.75) is 183 Å². The van der Waals surface area contributed by atoms with Gasteiger partial charge in [-0.2, -0.15) is 0 Å². The van der Waals surface area contributed by atoms with Crippen LogP contribution in [0.1, 0.15) is 175 Å². The van der Waals surface area contributed by atoms with Crippen LogP contribution in [0, 0.1) is 69.5 Å². The molecule has 61 heavy (non-hydrogen) atoms. The van der Waals surface area contributed by atoms with E-state index in [1.165, 1.54) is 5.57 Å². The van der Waals surface area contributed by atoms with Crippen LogP contribution >= 0.6 is 0 Å². The van der Waals surface area contributed by atoms with E-state index < -0.39 is 34.3 Å². The SMILES string of the molecule is Cc1ccc(C(=O)NC2(C(=O)N[C@@]34CC[C@]5(C)[C@H](CC[C@@H]6[C@@]7(C)CC[C@H](OC(=O)[C@H]8C[C@@H](C(=O)O)C8(C)C)C(C)(C)C7CC[C@]65C)C3=C(C(C)C)C(=O)C4)CCCCC2)cn1. The van der Waals surface area contributed by atoms with E-state index >= 15 is 4.79 Å². The van der Waals surface area contributed by atoms with Gasteiger partial charge >= 0.3 is 11.9 Å². The lowest BCUT2D eigenvalue weighted by Crippen LogP contribution is -2.69. The van der Waals surface area contributed by atoms with E-state index in [4.69, 9.17) is 4.74 Å². The van der Waals surface area contributed by atoms with Gasteiger partial charge in [0.25, 0.3) is 5.91 Å². The van der Waals surface area contributed by atoms with Crippen molar-refractivity contribution in [1.29, 1.82) is 0 Å². The van der Waals surface area contributed by atoms with Gasteiger partial charge in [-0.1, -0.05) is 81.6 Å². The van der Waals surface area contributed by atoms with Crippen molar-refractivity contribution in [2.24, 2.45) is 62.6 Å². The van der Waals surface area contributed by atoms with Gasteiger partial charge in [-0.25, -0.2) is 0 Å². The fourth-order valence-electron chi connectivity index (χ4n) is 15.7. The van der Waals surface area contributed by atoms with Crippen LogP contribution < -0.4 is 10.6 Å². The second kappa shape index (κ2) is 14.8. The molecule has 1 unspecified atom stereocenters. The van der Waals surface area contributed by atoms with Gasteiger partial charge in [-0.3, -0.25) is 29.0 Å². The van der Waals surface area contributed by atoms with Gasteiger partial charge in [0, 0.05) is 23.7 Å². The van der Waals surface area contributed by atoms with Crippen LogP contribution in [0.5, 0.6) is 0 Å². The Labute approximate surface area is 364 Å². The van der Waals surface area contributed by atoms with Gasteiger partial charge in [0.1, 0.15) is 11.6 Å². The predicted octanol–water partition coefficient (Wildman–Crippen LogP) is 9.33. The third-order valence-corrected chi connectivity index (χ3v) is 19.5. The molecule has 0 aromatic carbocycles. The number of fused-ring (bicyclic) bond motifs is 7. The van der Waals surface area contributed by atoms with Gasteiger partial charge in [-0.15, -0.1) is 0 Å². The fourth-order valence-corrected chi connectivity index (χ4v) is 15.7. The van der Waals surface area contributed by atoms with E-state index in [-0.39, 0.29) is 69.6 Å². The molecule has 0 spiro atoms. The number of amides is 2. The molecular formula is C51H73N3O7. The highest BCUT2D eigenvalue weighted by Gasteiger charge is 2.71. The molecule has 10 nitrogen and oxygen atoms in total. The normalized spacial score (nSPS) is 39.4. The number of nitrogens with one attached hydrogen (secondary N) is 2. The molecule has 1 aromatic heterocycles. The third kappa shape index (κ3) is 6.50. The van der Waals surface area contributed by atoms with E-state index in [9.17, 15) is 24.3 Å². The monoisotopic (exact) mass is 840 g/mol. The van der Waals surface area contributed by atoms with Gasteiger partial charge in [0.05, 0.1) is 22.9 Å². The average Bonchev–Trinajstić information content (AvgIpc) is 3.47. The maximum absolute atomic E-state index is 15.0. The Kier molecular flexibility index (Phi) is 10.7. The van der Waals surface area contributed by atoms with Crippen molar-refractivity contribution in [1.82, 2.24) is 15.6 Å². The highest BCUT2D eigenvalue weighted by molar-refractivity contribution is 6.04. The maximum Gasteiger partial charge on any atom is 0.309 e. The summed E-state index contributed by atoms with van der Waals surface area (Å²) in [4.78, 5) is 73.0. The van der Waals surface area contributed by atoms with Crippen LogP contribution in [0.15, 0.2) is 29.5 Å². The zero-order valence-electron chi connectivity index (χ0n) is 38.7. The number of hydrogen-bond donors (Lipinski definition) is 3. The summed E-state index contributed by atoms with van der Waals surface area (Å²) in [7, 11) is 0. The molecule has 2 amide bonds. The highest BCUT2D eigenvalue weighted by atomic mass is 16.5. The van der Waals surface area contributed by atoms with E-state index in [0.29, 0.717) is 43.1 Å². The molecule has 0 radical (unpaired) electrons. The molecule has 10 atom stereocenters. The number of carboxylic acid groups (broad SMARTS) is 1. The topological polar surface area (TPSA) is 152 Å². The minimum absolute atomic E-state index is 0.0138. The van der Waals surface area contributed by atoms with Gasteiger partial charge in [-0.05, 0) is 146 Å². The Hall–Kier alpha value is -3.56. The Morgan fingerprint density at radius 1 is 0.787 bits per heavy atom. The summed E-state index contributed by atoms with van der Waals surface area (Å²) in [5.41, 5.74) is 0.564. The number of carbonyl (C=O) groups is 5. The fraction of sp³-hybridized carbons (Fsp3) is 0.765. The number of aromatic nitrogens is 1. The molecule has 10 heteroatoms. The number of nitrogens with zero attached hydrogens (tertiary/aromatic N) is 1. The summed E-state index contributed by atoms with van der Waals surface area (Å²) >= 11 is 0. The number of rotatable bonds is 8. The van der Waals surface area contributed by atoms with Crippen LogP contribution in [0.2, 0.25) is 0 Å². The predicted molar refractivity (Wildman–Crippen MR) is 233 cm³/mol. The molecule has 0 bridgehead atoms. The number of hydrogen-bond acceptors (Lipinski definition) is 7. The molecule has 334 valence electrons. The molecule has 6 saturated carbocycles. The van der Waals surface area contributed by atoms with E-state index in [2.05, 4.69) is 64.1 Å². The molecule has 0 saturated heterocycles. The molecule has 3 N–H and O–H groups in total. The van der Waals surface area contributed by atoms with Crippen LogP contribution in [0.4, 0.5) is 0 Å². The van der Waals surface area contributed by atoms with Crippen LogP contribution in [0.3, 0.4) is 0 Å². The molecule has 7 aliphatic rings. The molecule has 6 fully saturated rings. The lowest BCUT2D eigenvalue weighted by atomic mass is 9.33. The summed E-state index contributed by atoms with van der Waals surface area (Å²) in [6, 6.07) is 3.58. The Morgan fingerprint density at radius 3 is 2.11 bits per heavy atom. The summed E-state index contributed by atoms with van der Waals surface area (Å²) in [6.45, 7) is 22.1. The third-order valence-electron chi connectivity index (χ3n) is 19.5. The first-order chi connectivity index (χ1) is 28.5. The first-order valence-electron chi connectivity index (χ1n) is 23.8. The minimum atomic E-state index is -1.06. The average molecular weight is 840 g/mol. The number of ketones is 1. The van der Waals surface area contributed by atoms with Crippen LogP contribution in [0.25, 0.3) is 0 Å². The van der Waals surface area contributed by atoms with E-state index in [1.807, 2.05) is 26.8 Å². The minimum Gasteiger partial charge on any atom is -0.481 e. The second-order valence-corrected chi connectivity index (χ2v) is 23.3. The summed E-state index contributed by atoms with van der Waals surface area (Å²) < 4.78 is 6.44. The standard InChI is InChI=1S/C51H73N3O7/c1-29(2)39-35(55)27-51(54-44(60)50(20-12-11-13-21-50)53-41(56)31-15-14-30(3)52-28-31)25-24-48(9)32(40(39)51)16-17-37-47(8)22-19-38(46(6,7)36(47)18-23-49(37,48)10)61-43(59)34-26-33(42(57)58)45(34,4)5/h14-15,28-29,32-34,36-38H,11-13,16-27H2,1-10H3,(H,53,56)(H,54,60)(H,57,58)/t32-,33+,34-,36?,37-,38+,47+,48-,49-,51-/m1/s1. The number of ether oxygens (including phenoxy) is 1. The Balaban J connectivity index is 1.06.